The predicted molar refractivity (Wildman–Crippen MR) is 79.5 cm³/mol. The molecule has 1 aromatic rings. The molecule has 0 spiro atoms. The summed E-state index contributed by atoms with van der Waals surface area (Å²) in [6.07, 6.45) is 2.08. The fourth-order valence-corrected chi connectivity index (χ4v) is 2.57. The Morgan fingerprint density at radius 3 is 2.95 bits per heavy atom. The van der Waals surface area contributed by atoms with Gasteiger partial charge in [-0.2, -0.15) is 0 Å². The molecule has 108 valence electrons. The molecule has 0 radical (unpaired) electrons. The molecule has 1 rings (SSSR count). The molecule has 0 aliphatic heterocycles. The molecule has 0 aromatic carbocycles. The monoisotopic (exact) mass is 284 g/mol. The Hall–Kier alpha value is -1.07. The maximum Gasteiger partial charge on any atom is 0.318 e. The SMILES string of the molecule is CCC[C@H](C)NC(=O)N(CCOC)Cc1cccs1. The van der Waals surface area contributed by atoms with Crippen LogP contribution in [0.15, 0.2) is 17.5 Å². The van der Waals surface area contributed by atoms with Gasteiger partial charge in [0.2, 0.25) is 0 Å². The zero-order chi connectivity index (χ0) is 14.1. The van der Waals surface area contributed by atoms with Crippen molar-refractivity contribution in [3.8, 4) is 0 Å². The van der Waals surface area contributed by atoms with E-state index in [-0.39, 0.29) is 12.1 Å². The van der Waals surface area contributed by atoms with Gasteiger partial charge < -0.3 is 15.0 Å². The van der Waals surface area contributed by atoms with Gasteiger partial charge in [-0.1, -0.05) is 19.4 Å². The second kappa shape index (κ2) is 8.93. The molecule has 1 aromatic heterocycles. The number of nitrogens with one attached hydrogen (secondary N) is 1. The lowest BCUT2D eigenvalue weighted by Gasteiger charge is -2.24. The minimum Gasteiger partial charge on any atom is -0.383 e. The first kappa shape index (κ1) is 16.0. The number of hydrogen-bond acceptors (Lipinski definition) is 3. The van der Waals surface area contributed by atoms with Crippen LogP contribution in [0.5, 0.6) is 0 Å². The number of thiophene rings is 1. The van der Waals surface area contributed by atoms with Gasteiger partial charge in [0.05, 0.1) is 13.2 Å². The quantitative estimate of drug-likeness (QED) is 0.797. The number of ether oxygens (including phenoxy) is 1. The van der Waals surface area contributed by atoms with Gasteiger partial charge in [-0.3, -0.25) is 0 Å². The zero-order valence-corrected chi connectivity index (χ0v) is 12.8. The van der Waals surface area contributed by atoms with Crippen LogP contribution in [0.1, 0.15) is 31.6 Å². The normalized spacial score (nSPS) is 12.2. The Kier molecular flexibility index (Phi) is 7.52. The molecule has 4 nitrogen and oxygen atoms in total. The van der Waals surface area contributed by atoms with Crippen LogP contribution in [-0.4, -0.2) is 37.2 Å². The van der Waals surface area contributed by atoms with Gasteiger partial charge in [0.1, 0.15) is 0 Å². The molecule has 1 N–H and O–H groups in total. The number of carbonyl (C=O) groups excluding carboxylic acids is 1. The molecule has 19 heavy (non-hydrogen) atoms. The number of methoxy groups -OCH3 is 1. The third kappa shape index (κ3) is 6.07. The number of urea groups is 1. The van der Waals surface area contributed by atoms with E-state index in [1.54, 1.807) is 18.4 Å². The first-order valence-corrected chi connectivity index (χ1v) is 7.62. The van der Waals surface area contributed by atoms with Gasteiger partial charge in [0.15, 0.2) is 0 Å². The van der Waals surface area contributed by atoms with Crippen LogP contribution in [0.4, 0.5) is 4.79 Å². The molecule has 2 amide bonds. The number of rotatable bonds is 8. The van der Waals surface area contributed by atoms with E-state index >= 15 is 0 Å². The molecular formula is C14H24N2O2S. The third-order valence-electron chi connectivity index (χ3n) is 2.87. The lowest BCUT2D eigenvalue weighted by molar-refractivity contribution is 0.145. The topological polar surface area (TPSA) is 41.6 Å². The van der Waals surface area contributed by atoms with Crippen LogP contribution in [0, 0.1) is 0 Å². The average Bonchev–Trinajstić information content (AvgIpc) is 2.87. The van der Waals surface area contributed by atoms with Crippen molar-refractivity contribution in [2.75, 3.05) is 20.3 Å². The molecule has 5 heteroatoms. The van der Waals surface area contributed by atoms with Crippen LogP contribution in [0.25, 0.3) is 0 Å². The van der Waals surface area contributed by atoms with Gasteiger partial charge in [-0.25, -0.2) is 4.79 Å². The second-order valence-corrected chi connectivity index (χ2v) is 5.67. The number of hydrogen-bond donors (Lipinski definition) is 1. The summed E-state index contributed by atoms with van der Waals surface area (Å²) in [5.74, 6) is 0. The van der Waals surface area contributed by atoms with Gasteiger partial charge in [-0.05, 0) is 24.8 Å². The molecule has 0 saturated heterocycles. The predicted octanol–water partition coefficient (Wildman–Crippen LogP) is 3.09. The number of nitrogens with zero attached hydrogens (tertiary/aromatic N) is 1. The molecular weight excluding hydrogens is 260 g/mol. The maximum atomic E-state index is 12.2. The van der Waals surface area contributed by atoms with Gasteiger partial charge in [0.25, 0.3) is 0 Å². The summed E-state index contributed by atoms with van der Waals surface area (Å²) in [6, 6.07) is 4.26. The Balaban J connectivity index is 2.54. The van der Waals surface area contributed by atoms with Crippen LogP contribution >= 0.6 is 11.3 Å². The van der Waals surface area contributed by atoms with Gasteiger partial charge in [-0.15, -0.1) is 11.3 Å². The lowest BCUT2D eigenvalue weighted by Crippen LogP contribution is -2.44. The highest BCUT2D eigenvalue weighted by atomic mass is 32.1. The minimum atomic E-state index is -0.00796. The van der Waals surface area contributed by atoms with Gasteiger partial charge in [0, 0.05) is 24.6 Å². The fourth-order valence-electron chi connectivity index (χ4n) is 1.85. The van der Waals surface area contributed by atoms with Crippen molar-refractivity contribution >= 4 is 17.4 Å². The fraction of sp³-hybridized carbons (Fsp3) is 0.643. The third-order valence-corrected chi connectivity index (χ3v) is 3.73. The van der Waals surface area contributed by atoms with Crippen LogP contribution in [-0.2, 0) is 11.3 Å². The first-order valence-electron chi connectivity index (χ1n) is 6.74. The van der Waals surface area contributed by atoms with E-state index in [0.717, 1.165) is 12.8 Å². The summed E-state index contributed by atoms with van der Waals surface area (Å²) < 4.78 is 5.08. The minimum absolute atomic E-state index is 0.00796. The summed E-state index contributed by atoms with van der Waals surface area (Å²) in [4.78, 5) is 15.2. The van der Waals surface area contributed by atoms with E-state index in [9.17, 15) is 4.79 Å². The van der Waals surface area contributed by atoms with Crippen molar-refractivity contribution in [1.29, 1.82) is 0 Å². The van der Waals surface area contributed by atoms with Crippen molar-refractivity contribution in [3.63, 3.8) is 0 Å². The van der Waals surface area contributed by atoms with E-state index in [1.165, 1.54) is 4.88 Å². The molecule has 1 atom stereocenters. The van der Waals surface area contributed by atoms with E-state index in [2.05, 4.69) is 12.2 Å². The van der Waals surface area contributed by atoms with E-state index in [4.69, 9.17) is 4.74 Å². The van der Waals surface area contributed by atoms with Crippen molar-refractivity contribution in [2.24, 2.45) is 0 Å². The standard InChI is InChI=1S/C14H24N2O2S/c1-4-6-12(2)15-14(17)16(8-9-18-3)11-13-7-5-10-19-13/h5,7,10,12H,4,6,8-9,11H2,1-3H3,(H,15,17)/t12-/m0/s1. The summed E-state index contributed by atoms with van der Waals surface area (Å²) in [5.41, 5.74) is 0. The molecule has 1 heterocycles. The molecule has 0 fully saturated rings. The Bertz CT molecular complexity index is 354. The van der Waals surface area contributed by atoms with E-state index in [0.29, 0.717) is 19.7 Å². The summed E-state index contributed by atoms with van der Waals surface area (Å²) >= 11 is 1.67. The molecule has 0 saturated carbocycles. The number of amides is 2. The smallest absolute Gasteiger partial charge is 0.318 e. The molecule has 0 aliphatic carbocycles. The van der Waals surface area contributed by atoms with Gasteiger partial charge >= 0.3 is 6.03 Å². The maximum absolute atomic E-state index is 12.2. The van der Waals surface area contributed by atoms with Crippen molar-refractivity contribution in [3.05, 3.63) is 22.4 Å². The molecule has 0 aliphatic rings. The number of carbonyl (C=O) groups is 1. The highest BCUT2D eigenvalue weighted by Crippen LogP contribution is 2.12. The van der Waals surface area contributed by atoms with E-state index < -0.39 is 0 Å². The summed E-state index contributed by atoms with van der Waals surface area (Å²) in [7, 11) is 1.65. The average molecular weight is 284 g/mol. The highest BCUT2D eigenvalue weighted by Gasteiger charge is 2.15. The Labute approximate surface area is 119 Å². The zero-order valence-electron chi connectivity index (χ0n) is 12.0. The molecule has 0 bridgehead atoms. The van der Waals surface area contributed by atoms with Crippen molar-refractivity contribution in [1.82, 2.24) is 10.2 Å². The Morgan fingerprint density at radius 2 is 2.37 bits per heavy atom. The Morgan fingerprint density at radius 1 is 1.58 bits per heavy atom. The van der Waals surface area contributed by atoms with E-state index in [1.807, 2.05) is 29.3 Å². The largest absolute Gasteiger partial charge is 0.383 e. The van der Waals surface area contributed by atoms with Crippen molar-refractivity contribution < 1.29 is 9.53 Å². The molecule has 0 unspecified atom stereocenters. The summed E-state index contributed by atoms with van der Waals surface area (Å²) in [5, 5.41) is 5.07. The highest BCUT2D eigenvalue weighted by molar-refractivity contribution is 7.09. The van der Waals surface area contributed by atoms with Crippen LogP contribution in [0.3, 0.4) is 0 Å². The van der Waals surface area contributed by atoms with Crippen LogP contribution in [0.2, 0.25) is 0 Å². The van der Waals surface area contributed by atoms with Crippen molar-refractivity contribution in [2.45, 2.75) is 39.3 Å². The second-order valence-electron chi connectivity index (χ2n) is 4.63. The summed E-state index contributed by atoms with van der Waals surface area (Å²) in [6.45, 7) is 5.98. The van der Waals surface area contributed by atoms with Crippen LogP contribution < -0.4 is 5.32 Å². The lowest BCUT2D eigenvalue weighted by atomic mass is 10.2. The first-order chi connectivity index (χ1) is 9.17.